The molecule has 5 nitrogen and oxygen atoms in total. The van der Waals surface area contributed by atoms with Crippen LogP contribution < -0.4 is 20.1 Å². The summed E-state index contributed by atoms with van der Waals surface area (Å²) in [5, 5.41) is 6.34. The van der Waals surface area contributed by atoms with Crippen molar-refractivity contribution < 1.29 is 14.3 Å². The molecule has 33 heavy (non-hydrogen) atoms. The highest BCUT2D eigenvalue weighted by molar-refractivity contribution is 9.10. The molecule has 0 aliphatic rings. The Morgan fingerprint density at radius 2 is 1.79 bits per heavy atom. The van der Waals surface area contributed by atoms with Crippen LogP contribution >= 0.6 is 15.9 Å². The molecule has 0 saturated carbocycles. The molecule has 0 aromatic heterocycles. The Kier molecular flexibility index (Phi) is 8.78. The van der Waals surface area contributed by atoms with Crippen molar-refractivity contribution in [1.29, 1.82) is 0 Å². The van der Waals surface area contributed by atoms with Crippen LogP contribution in [-0.2, 0) is 13.2 Å². The summed E-state index contributed by atoms with van der Waals surface area (Å²) in [6, 6.07) is 19.7. The number of amides is 1. The van der Waals surface area contributed by atoms with Gasteiger partial charge in [0, 0.05) is 24.3 Å². The van der Waals surface area contributed by atoms with Gasteiger partial charge in [-0.2, -0.15) is 0 Å². The molecule has 3 aromatic rings. The van der Waals surface area contributed by atoms with Crippen molar-refractivity contribution in [3.8, 4) is 11.5 Å². The zero-order chi connectivity index (χ0) is 23.8. The van der Waals surface area contributed by atoms with E-state index in [9.17, 15) is 4.79 Å². The van der Waals surface area contributed by atoms with Gasteiger partial charge in [0.1, 0.15) is 6.61 Å². The second-order valence-electron chi connectivity index (χ2n) is 8.42. The van der Waals surface area contributed by atoms with Gasteiger partial charge < -0.3 is 20.1 Å². The highest BCUT2D eigenvalue weighted by atomic mass is 79.9. The number of benzene rings is 3. The van der Waals surface area contributed by atoms with Crippen LogP contribution in [0.1, 0.15) is 40.9 Å². The second kappa shape index (κ2) is 11.8. The molecule has 6 heteroatoms. The first kappa shape index (κ1) is 24.6. The molecule has 0 radical (unpaired) electrons. The van der Waals surface area contributed by atoms with E-state index >= 15 is 0 Å². The van der Waals surface area contributed by atoms with Gasteiger partial charge in [0.05, 0.1) is 11.6 Å². The Bertz CT molecular complexity index is 1080. The number of carbonyl (C=O) groups excluding carboxylic acids is 1. The first-order valence-corrected chi connectivity index (χ1v) is 11.8. The average molecular weight is 511 g/mol. The minimum atomic E-state index is -0.0631. The Morgan fingerprint density at radius 3 is 2.48 bits per heavy atom. The molecule has 3 aromatic carbocycles. The maximum absolute atomic E-state index is 12.3. The van der Waals surface area contributed by atoms with Crippen LogP contribution in [0.5, 0.6) is 11.5 Å². The second-order valence-corrected chi connectivity index (χ2v) is 9.28. The van der Waals surface area contributed by atoms with Crippen LogP contribution in [0, 0.1) is 12.8 Å². The lowest BCUT2D eigenvalue weighted by Gasteiger charge is -2.15. The smallest absolute Gasteiger partial charge is 0.251 e. The van der Waals surface area contributed by atoms with E-state index in [4.69, 9.17) is 9.47 Å². The molecule has 0 unspecified atom stereocenters. The van der Waals surface area contributed by atoms with Gasteiger partial charge in [0.25, 0.3) is 5.91 Å². The van der Waals surface area contributed by atoms with Crippen LogP contribution in [0.4, 0.5) is 5.69 Å². The number of aryl methyl sites for hydroxylation is 1. The number of anilines is 1. The third-order valence-electron chi connectivity index (χ3n) is 5.09. The highest BCUT2D eigenvalue weighted by Crippen LogP contribution is 2.37. The predicted octanol–water partition coefficient (Wildman–Crippen LogP) is 6.34. The molecule has 0 bridgehead atoms. The summed E-state index contributed by atoms with van der Waals surface area (Å²) in [6.45, 7) is 7.90. The molecule has 0 spiro atoms. The molecular formula is C27H31BrN2O3. The highest BCUT2D eigenvalue weighted by Gasteiger charge is 2.13. The topological polar surface area (TPSA) is 59.6 Å². The van der Waals surface area contributed by atoms with Crippen molar-refractivity contribution in [3.05, 3.63) is 87.4 Å². The predicted molar refractivity (Wildman–Crippen MR) is 137 cm³/mol. The van der Waals surface area contributed by atoms with Crippen molar-refractivity contribution in [3.63, 3.8) is 0 Å². The van der Waals surface area contributed by atoms with E-state index in [0.717, 1.165) is 21.3 Å². The van der Waals surface area contributed by atoms with Crippen LogP contribution in [0.25, 0.3) is 0 Å². The van der Waals surface area contributed by atoms with Crippen LogP contribution in [-0.4, -0.2) is 19.6 Å². The SMILES string of the molecule is COc1cc(CNc2cccc(C(=O)NCC(C)C)c2)cc(Br)c1OCc1ccc(C)cc1. The summed E-state index contributed by atoms with van der Waals surface area (Å²) in [6.07, 6.45) is 0. The van der Waals surface area contributed by atoms with Crippen molar-refractivity contribution >= 4 is 27.5 Å². The quantitative estimate of drug-likeness (QED) is 0.333. The summed E-state index contributed by atoms with van der Waals surface area (Å²) in [5.74, 6) is 1.68. The molecule has 0 aliphatic carbocycles. The third kappa shape index (κ3) is 7.26. The number of hydrogen-bond acceptors (Lipinski definition) is 4. The number of hydrogen-bond donors (Lipinski definition) is 2. The van der Waals surface area contributed by atoms with E-state index in [2.05, 4.69) is 71.6 Å². The molecule has 0 saturated heterocycles. The number of halogens is 1. The van der Waals surface area contributed by atoms with Gasteiger partial charge >= 0.3 is 0 Å². The zero-order valence-corrected chi connectivity index (χ0v) is 21.2. The first-order valence-electron chi connectivity index (χ1n) is 11.0. The van der Waals surface area contributed by atoms with E-state index in [1.165, 1.54) is 5.56 Å². The molecule has 0 heterocycles. The monoisotopic (exact) mass is 510 g/mol. The maximum atomic E-state index is 12.3. The van der Waals surface area contributed by atoms with E-state index < -0.39 is 0 Å². The van der Waals surface area contributed by atoms with E-state index in [1.807, 2.05) is 36.4 Å². The fourth-order valence-corrected chi connectivity index (χ4v) is 3.83. The largest absolute Gasteiger partial charge is 0.493 e. The van der Waals surface area contributed by atoms with Crippen LogP contribution in [0.3, 0.4) is 0 Å². The van der Waals surface area contributed by atoms with Gasteiger partial charge in [0.15, 0.2) is 11.5 Å². The van der Waals surface area contributed by atoms with Crippen molar-refractivity contribution in [2.24, 2.45) is 5.92 Å². The van der Waals surface area contributed by atoms with Gasteiger partial charge in [0.2, 0.25) is 0 Å². The average Bonchev–Trinajstić information content (AvgIpc) is 2.81. The Hall–Kier alpha value is -2.99. The summed E-state index contributed by atoms with van der Waals surface area (Å²) in [7, 11) is 1.64. The maximum Gasteiger partial charge on any atom is 0.251 e. The molecule has 1 amide bonds. The lowest BCUT2D eigenvalue weighted by molar-refractivity contribution is 0.0949. The van der Waals surface area contributed by atoms with E-state index in [-0.39, 0.29) is 5.91 Å². The number of methoxy groups -OCH3 is 1. The van der Waals surface area contributed by atoms with Crippen LogP contribution in [0.2, 0.25) is 0 Å². The fraction of sp³-hybridized carbons (Fsp3) is 0.296. The molecule has 3 rings (SSSR count). The minimum absolute atomic E-state index is 0.0631. The van der Waals surface area contributed by atoms with Crippen molar-refractivity contribution in [1.82, 2.24) is 5.32 Å². The number of carbonyl (C=O) groups is 1. The fourth-order valence-electron chi connectivity index (χ4n) is 3.23. The normalized spacial score (nSPS) is 10.7. The number of ether oxygens (including phenoxy) is 2. The lowest BCUT2D eigenvalue weighted by atomic mass is 10.1. The molecule has 0 aliphatic heterocycles. The molecule has 0 fully saturated rings. The number of rotatable bonds is 10. The molecular weight excluding hydrogens is 480 g/mol. The molecule has 0 atom stereocenters. The van der Waals surface area contributed by atoms with E-state index in [1.54, 1.807) is 7.11 Å². The van der Waals surface area contributed by atoms with Crippen molar-refractivity contribution in [2.75, 3.05) is 19.0 Å². The first-order chi connectivity index (χ1) is 15.9. The summed E-state index contributed by atoms with van der Waals surface area (Å²) in [5.41, 5.74) is 4.85. The van der Waals surface area contributed by atoms with Gasteiger partial charge in [-0.1, -0.05) is 49.7 Å². The standard InChI is InChI=1S/C27H31BrN2O3/c1-18(2)15-30-27(31)22-6-5-7-23(14-22)29-16-21-12-24(28)26(25(13-21)32-4)33-17-20-10-8-19(3)9-11-20/h5-14,18,29H,15-17H2,1-4H3,(H,30,31). The molecule has 2 N–H and O–H groups in total. The zero-order valence-electron chi connectivity index (χ0n) is 19.6. The van der Waals surface area contributed by atoms with Gasteiger partial charge in [-0.25, -0.2) is 0 Å². The Labute approximate surface area is 204 Å². The Balaban J connectivity index is 1.66. The van der Waals surface area contributed by atoms with Gasteiger partial charge in [-0.05, 0) is 70.2 Å². The van der Waals surface area contributed by atoms with E-state index in [0.29, 0.717) is 42.7 Å². The summed E-state index contributed by atoms with van der Waals surface area (Å²) in [4.78, 5) is 12.3. The van der Waals surface area contributed by atoms with Gasteiger partial charge in [-0.3, -0.25) is 4.79 Å². The minimum Gasteiger partial charge on any atom is -0.493 e. The number of nitrogens with one attached hydrogen (secondary N) is 2. The third-order valence-corrected chi connectivity index (χ3v) is 5.67. The molecule has 174 valence electrons. The Morgan fingerprint density at radius 1 is 1.03 bits per heavy atom. The summed E-state index contributed by atoms with van der Waals surface area (Å²) >= 11 is 3.62. The summed E-state index contributed by atoms with van der Waals surface area (Å²) < 4.78 is 12.5. The van der Waals surface area contributed by atoms with Gasteiger partial charge in [-0.15, -0.1) is 0 Å². The van der Waals surface area contributed by atoms with Crippen molar-refractivity contribution in [2.45, 2.75) is 33.9 Å². The van der Waals surface area contributed by atoms with Crippen LogP contribution in [0.15, 0.2) is 65.1 Å². The lowest BCUT2D eigenvalue weighted by Crippen LogP contribution is -2.27.